The molecule has 2 unspecified atom stereocenters. The van der Waals surface area contributed by atoms with E-state index in [1.807, 2.05) is 32.9 Å². The van der Waals surface area contributed by atoms with Crippen LogP contribution in [0.1, 0.15) is 194 Å². The molecule has 0 bridgehead atoms. The van der Waals surface area contributed by atoms with Gasteiger partial charge in [0, 0.05) is 12.4 Å². The topological polar surface area (TPSA) is 67.8 Å². The lowest BCUT2D eigenvalue weighted by atomic mass is 10.0. The van der Waals surface area contributed by atoms with Gasteiger partial charge in [0.05, 0.1) is 33.9 Å². The van der Waals surface area contributed by atoms with Crippen molar-refractivity contribution >= 4 is 19.6 Å². The van der Waals surface area contributed by atoms with E-state index >= 15 is 0 Å². The van der Waals surface area contributed by atoms with Gasteiger partial charge in [-0.2, -0.15) is 11.8 Å². The molecule has 0 aliphatic heterocycles. The predicted molar refractivity (Wildman–Crippen MR) is 210 cm³/mol. The van der Waals surface area contributed by atoms with Crippen molar-refractivity contribution in [2.75, 3.05) is 59.0 Å². The van der Waals surface area contributed by atoms with Crippen molar-refractivity contribution in [2.24, 2.45) is 0 Å². The molecule has 0 amide bonds. The van der Waals surface area contributed by atoms with Gasteiger partial charge >= 0.3 is 0 Å². The van der Waals surface area contributed by atoms with Gasteiger partial charge in [-0.3, -0.25) is 4.57 Å². The van der Waals surface area contributed by atoms with Crippen molar-refractivity contribution in [1.29, 1.82) is 0 Å². The average molecular weight is 722 g/mol. The summed E-state index contributed by atoms with van der Waals surface area (Å²) in [5.41, 5.74) is 0. The second kappa shape index (κ2) is 35.8. The number of ether oxygens (including phenoxy) is 1. The third-order valence-corrected chi connectivity index (χ3v) is 11.4. The van der Waals surface area contributed by atoms with E-state index in [0.29, 0.717) is 17.6 Å². The zero-order valence-electron chi connectivity index (χ0n) is 33.0. The van der Waals surface area contributed by atoms with Gasteiger partial charge in [-0.25, -0.2) is 0 Å². The summed E-state index contributed by atoms with van der Waals surface area (Å²) in [6.07, 6.45) is 37.6. The number of phosphoric ester groups is 1. The van der Waals surface area contributed by atoms with Gasteiger partial charge in [0.1, 0.15) is 13.2 Å². The Morgan fingerprint density at radius 2 is 0.917 bits per heavy atom. The van der Waals surface area contributed by atoms with Gasteiger partial charge in [-0.05, 0) is 18.6 Å². The summed E-state index contributed by atoms with van der Waals surface area (Å²) in [4.78, 5) is 12.4. The smallest absolute Gasteiger partial charge is 0.268 e. The summed E-state index contributed by atoms with van der Waals surface area (Å²) in [5, 5.41) is 0. The molecule has 0 aromatic heterocycles. The van der Waals surface area contributed by atoms with E-state index in [1.165, 1.54) is 173 Å². The molecule has 2 atom stereocenters. The van der Waals surface area contributed by atoms with E-state index in [9.17, 15) is 9.46 Å². The van der Waals surface area contributed by atoms with Gasteiger partial charge in [-0.15, -0.1) is 0 Å². The molecular formula is C40H84NO5PS. The molecule has 0 aromatic rings. The molecule has 6 nitrogen and oxygen atoms in total. The Kier molecular flexibility index (Phi) is 36.1. The van der Waals surface area contributed by atoms with Crippen LogP contribution in [-0.2, 0) is 18.3 Å². The van der Waals surface area contributed by atoms with Gasteiger partial charge in [0.2, 0.25) is 0 Å². The first kappa shape index (κ1) is 48.4. The van der Waals surface area contributed by atoms with Gasteiger partial charge in [0.25, 0.3) is 7.82 Å². The number of rotatable bonds is 40. The Bertz CT molecular complexity index is 693. The minimum absolute atomic E-state index is 0.0372. The first-order chi connectivity index (χ1) is 23.2. The number of quaternary nitrogens is 1. The molecule has 0 rings (SSSR count). The Balaban J connectivity index is 4.08. The largest absolute Gasteiger partial charge is 0.756 e. The van der Waals surface area contributed by atoms with Crippen molar-refractivity contribution in [2.45, 2.75) is 200 Å². The van der Waals surface area contributed by atoms with E-state index in [-0.39, 0.29) is 19.3 Å². The molecule has 8 heteroatoms. The third-order valence-electron chi connectivity index (χ3n) is 9.23. The Hall–Kier alpha value is 0.380. The Labute approximate surface area is 305 Å². The Morgan fingerprint density at radius 3 is 1.31 bits per heavy atom. The van der Waals surface area contributed by atoms with Crippen LogP contribution in [0.4, 0.5) is 0 Å². The maximum atomic E-state index is 12.4. The molecular weight excluding hydrogens is 637 g/mol. The molecule has 0 saturated carbocycles. The van der Waals surface area contributed by atoms with Crippen LogP contribution in [-0.4, -0.2) is 69.6 Å². The van der Waals surface area contributed by atoms with Crippen molar-refractivity contribution < 1.29 is 27.7 Å². The van der Waals surface area contributed by atoms with E-state index in [4.69, 9.17) is 13.8 Å². The van der Waals surface area contributed by atoms with Crippen molar-refractivity contribution in [1.82, 2.24) is 0 Å². The zero-order chi connectivity index (χ0) is 35.4. The van der Waals surface area contributed by atoms with Crippen molar-refractivity contribution in [3.63, 3.8) is 0 Å². The van der Waals surface area contributed by atoms with Gasteiger partial charge in [-0.1, -0.05) is 181 Å². The number of nitrogens with zero attached hydrogens (tertiary/aromatic N) is 1. The highest BCUT2D eigenvalue weighted by atomic mass is 32.2. The van der Waals surface area contributed by atoms with E-state index in [0.717, 1.165) is 17.9 Å². The minimum atomic E-state index is -4.33. The number of unbranched alkanes of at least 4 members (excludes halogenated alkanes) is 26. The average Bonchev–Trinajstić information content (AvgIpc) is 3.04. The van der Waals surface area contributed by atoms with Crippen molar-refractivity contribution in [3.05, 3.63) is 0 Å². The normalized spacial score (nSPS) is 14.0. The van der Waals surface area contributed by atoms with E-state index < -0.39 is 7.82 Å². The highest BCUT2D eigenvalue weighted by Crippen LogP contribution is 2.38. The summed E-state index contributed by atoms with van der Waals surface area (Å²) < 4.78 is 29.6. The standard InChI is InChI=1S/C40H84NO5PS/c1-6-8-10-12-14-16-18-20-22-24-26-28-30-32-35-44-40(38-46-47(42,43)45-36-34-41(3,4)5)39-48-37-33-31-29-27-25-23-21-19-17-15-13-11-9-7-2/h40H,6-39H2,1-5H3. The predicted octanol–water partition coefficient (Wildman–Crippen LogP) is 12.3. The van der Waals surface area contributed by atoms with Crippen molar-refractivity contribution in [3.8, 4) is 0 Å². The summed E-state index contributed by atoms with van der Waals surface area (Å²) >= 11 is 1.86. The molecule has 0 fully saturated rings. The zero-order valence-corrected chi connectivity index (χ0v) is 34.7. The number of thioether (sulfide) groups is 1. The molecule has 0 radical (unpaired) electrons. The second-order valence-corrected chi connectivity index (χ2v) is 17.9. The molecule has 290 valence electrons. The summed E-state index contributed by atoms with van der Waals surface area (Å²) in [6.45, 7) is 5.99. The monoisotopic (exact) mass is 722 g/mol. The molecule has 0 aliphatic carbocycles. The minimum Gasteiger partial charge on any atom is -0.756 e. The maximum Gasteiger partial charge on any atom is 0.268 e. The lowest BCUT2D eigenvalue weighted by Gasteiger charge is -2.28. The molecule has 0 aliphatic rings. The lowest BCUT2D eigenvalue weighted by Crippen LogP contribution is -2.37. The highest BCUT2D eigenvalue weighted by Gasteiger charge is 2.17. The molecule has 0 N–H and O–H groups in total. The SMILES string of the molecule is CCCCCCCCCCCCCCCCOC(COP(=O)([O-])OCC[N+](C)(C)C)CSCCCCCCCCCCCCCCCC. The molecule has 0 spiro atoms. The number of hydrogen-bond donors (Lipinski definition) is 0. The molecule has 48 heavy (non-hydrogen) atoms. The van der Waals surface area contributed by atoms with Gasteiger partial charge in [0.15, 0.2) is 0 Å². The van der Waals surface area contributed by atoms with Crippen LogP contribution in [0.2, 0.25) is 0 Å². The third kappa shape index (κ3) is 39.2. The molecule has 0 aromatic carbocycles. The fourth-order valence-electron chi connectivity index (χ4n) is 5.94. The summed E-state index contributed by atoms with van der Waals surface area (Å²) in [6, 6.07) is 0. The Morgan fingerprint density at radius 1 is 0.542 bits per heavy atom. The van der Waals surface area contributed by atoms with Crippen LogP contribution in [0.5, 0.6) is 0 Å². The summed E-state index contributed by atoms with van der Waals surface area (Å²) in [5.74, 6) is 1.85. The number of likely N-dealkylation sites (N-methyl/N-ethyl adjacent to an activating group) is 1. The first-order valence-corrected chi connectivity index (χ1v) is 23.4. The quantitative estimate of drug-likeness (QED) is 0.0356. The molecule has 0 saturated heterocycles. The number of hydrogen-bond acceptors (Lipinski definition) is 6. The fraction of sp³-hybridized carbons (Fsp3) is 1.00. The van der Waals surface area contributed by atoms with Crippen LogP contribution < -0.4 is 4.89 Å². The summed E-state index contributed by atoms with van der Waals surface area (Å²) in [7, 11) is 1.70. The van der Waals surface area contributed by atoms with Crippen LogP contribution in [0.3, 0.4) is 0 Å². The van der Waals surface area contributed by atoms with Gasteiger partial charge < -0.3 is 23.2 Å². The maximum absolute atomic E-state index is 12.4. The van der Waals surface area contributed by atoms with Crippen LogP contribution in [0.25, 0.3) is 0 Å². The van der Waals surface area contributed by atoms with Crippen LogP contribution in [0.15, 0.2) is 0 Å². The van der Waals surface area contributed by atoms with Crippen LogP contribution in [0, 0.1) is 0 Å². The first-order valence-electron chi connectivity index (χ1n) is 20.8. The highest BCUT2D eigenvalue weighted by molar-refractivity contribution is 7.99. The fourth-order valence-corrected chi connectivity index (χ4v) is 7.70. The number of phosphoric acid groups is 1. The lowest BCUT2D eigenvalue weighted by molar-refractivity contribution is -0.870. The van der Waals surface area contributed by atoms with E-state index in [1.54, 1.807) is 0 Å². The molecule has 0 heterocycles. The second-order valence-electron chi connectivity index (χ2n) is 15.4. The van der Waals surface area contributed by atoms with E-state index in [2.05, 4.69) is 13.8 Å². The van der Waals surface area contributed by atoms with Crippen LogP contribution >= 0.6 is 19.6 Å².